The van der Waals surface area contributed by atoms with Gasteiger partial charge in [-0.2, -0.15) is 0 Å². The standard InChI is InChI=1S/C22H26N2O/c25-22(10-9-17-11-13-23-14-12-17)24-15-18-5-1-3-7-20(18)21-8-4-2-6-19(21)16-24/h1-8,17,23H,9-16H2. The van der Waals surface area contributed by atoms with Gasteiger partial charge < -0.3 is 10.2 Å². The zero-order chi connectivity index (χ0) is 17.1. The van der Waals surface area contributed by atoms with Gasteiger partial charge in [-0.1, -0.05) is 48.5 Å². The van der Waals surface area contributed by atoms with E-state index in [-0.39, 0.29) is 0 Å². The van der Waals surface area contributed by atoms with Crippen LogP contribution in [0.4, 0.5) is 0 Å². The fourth-order valence-corrected chi connectivity index (χ4v) is 4.14. The second-order valence-electron chi connectivity index (χ2n) is 7.30. The van der Waals surface area contributed by atoms with Crippen LogP contribution >= 0.6 is 0 Å². The van der Waals surface area contributed by atoms with Crippen molar-refractivity contribution in [3.63, 3.8) is 0 Å². The van der Waals surface area contributed by atoms with Crippen molar-refractivity contribution >= 4 is 5.91 Å². The molecule has 25 heavy (non-hydrogen) atoms. The normalized spacial score (nSPS) is 17.5. The van der Waals surface area contributed by atoms with E-state index in [0.29, 0.717) is 18.2 Å². The van der Waals surface area contributed by atoms with Crippen LogP contribution in [-0.4, -0.2) is 23.9 Å². The average Bonchev–Trinajstić information content (AvgIpc) is 2.84. The predicted octanol–water partition coefficient (Wildman–Crippen LogP) is 3.98. The highest BCUT2D eigenvalue weighted by Gasteiger charge is 2.23. The molecule has 2 aliphatic rings. The Bertz CT molecular complexity index is 702. The molecule has 2 heterocycles. The molecule has 1 saturated heterocycles. The van der Waals surface area contributed by atoms with Crippen LogP contribution in [-0.2, 0) is 17.9 Å². The number of rotatable bonds is 3. The van der Waals surface area contributed by atoms with Crippen LogP contribution in [0.25, 0.3) is 11.1 Å². The molecule has 0 bridgehead atoms. The third-order valence-electron chi connectivity index (χ3n) is 5.63. The van der Waals surface area contributed by atoms with E-state index >= 15 is 0 Å². The highest BCUT2D eigenvalue weighted by molar-refractivity contribution is 5.79. The number of amides is 1. The maximum Gasteiger partial charge on any atom is 0.223 e. The van der Waals surface area contributed by atoms with Crippen LogP contribution < -0.4 is 5.32 Å². The van der Waals surface area contributed by atoms with Gasteiger partial charge in [0.15, 0.2) is 0 Å². The van der Waals surface area contributed by atoms with Gasteiger partial charge in [0, 0.05) is 19.5 Å². The number of nitrogens with zero attached hydrogens (tertiary/aromatic N) is 1. The summed E-state index contributed by atoms with van der Waals surface area (Å²) in [4.78, 5) is 15.0. The Morgan fingerprint density at radius 3 is 2.08 bits per heavy atom. The maximum absolute atomic E-state index is 12.9. The van der Waals surface area contributed by atoms with E-state index in [4.69, 9.17) is 0 Å². The lowest BCUT2D eigenvalue weighted by Crippen LogP contribution is -2.31. The molecule has 130 valence electrons. The molecule has 0 aromatic heterocycles. The summed E-state index contributed by atoms with van der Waals surface area (Å²) < 4.78 is 0. The SMILES string of the molecule is O=C(CCC1CCNCC1)N1Cc2ccccc2-c2ccccc2C1. The first-order chi connectivity index (χ1) is 12.3. The molecular weight excluding hydrogens is 308 g/mol. The van der Waals surface area contributed by atoms with Gasteiger partial charge in [-0.25, -0.2) is 0 Å². The molecule has 0 saturated carbocycles. The zero-order valence-electron chi connectivity index (χ0n) is 14.7. The lowest BCUT2D eigenvalue weighted by molar-refractivity contribution is -0.132. The minimum atomic E-state index is 0.296. The Morgan fingerprint density at radius 2 is 1.48 bits per heavy atom. The Balaban J connectivity index is 1.52. The third-order valence-corrected chi connectivity index (χ3v) is 5.63. The summed E-state index contributed by atoms with van der Waals surface area (Å²) in [6.45, 7) is 3.64. The molecule has 1 N–H and O–H groups in total. The summed E-state index contributed by atoms with van der Waals surface area (Å²) in [5, 5.41) is 3.40. The molecule has 3 nitrogen and oxygen atoms in total. The number of fused-ring (bicyclic) bond motifs is 3. The number of carbonyl (C=O) groups excluding carboxylic acids is 1. The topological polar surface area (TPSA) is 32.3 Å². The quantitative estimate of drug-likeness (QED) is 0.921. The van der Waals surface area contributed by atoms with E-state index in [1.165, 1.54) is 35.1 Å². The van der Waals surface area contributed by atoms with Gasteiger partial charge in [-0.3, -0.25) is 4.79 Å². The Morgan fingerprint density at radius 1 is 0.920 bits per heavy atom. The zero-order valence-corrected chi connectivity index (χ0v) is 14.7. The first-order valence-corrected chi connectivity index (χ1v) is 9.46. The molecule has 0 aliphatic carbocycles. The van der Waals surface area contributed by atoms with Gasteiger partial charge in [0.2, 0.25) is 5.91 Å². The van der Waals surface area contributed by atoms with E-state index < -0.39 is 0 Å². The first kappa shape index (κ1) is 16.3. The van der Waals surface area contributed by atoms with E-state index in [9.17, 15) is 4.79 Å². The summed E-state index contributed by atoms with van der Waals surface area (Å²) in [7, 11) is 0. The van der Waals surface area contributed by atoms with Gasteiger partial charge >= 0.3 is 0 Å². The largest absolute Gasteiger partial charge is 0.334 e. The smallest absolute Gasteiger partial charge is 0.223 e. The lowest BCUT2D eigenvalue weighted by Gasteiger charge is -2.25. The summed E-state index contributed by atoms with van der Waals surface area (Å²) in [6.07, 6.45) is 4.12. The summed E-state index contributed by atoms with van der Waals surface area (Å²) >= 11 is 0. The molecule has 0 spiro atoms. The Kier molecular flexibility index (Phi) is 4.84. The van der Waals surface area contributed by atoms with Crippen molar-refractivity contribution in [2.24, 2.45) is 5.92 Å². The predicted molar refractivity (Wildman–Crippen MR) is 101 cm³/mol. The molecule has 2 aliphatic heterocycles. The van der Waals surface area contributed by atoms with Crippen molar-refractivity contribution in [1.29, 1.82) is 0 Å². The highest BCUT2D eigenvalue weighted by Crippen LogP contribution is 2.32. The van der Waals surface area contributed by atoms with Crippen molar-refractivity contribution in [3.8, 4) is 11.1 Å². The average molecular weight is 334 g/mol. The van der Waals surface area contributed by atoms with Gasteiger partial charge in [0.1, 0.15) is 0 Å². The van der Waals surface area contributed by atoms with Gasteiger partial charge in [-0.05, 0) is 60.5 Å². The molecule has 0 radical (unpaired) electrons. The van der Waals surface area contributed by atoms with Gasteiger partial charge in [0.05, 0.1) is 0 Å². The van der Waals surface area contributed by atoms with Crippen molar-refractivity contribution in [1.82, 2.24) is 10.2 Å². The number of nitrogens with one attached hydrogen (secondary N) is 1. The fourth-order valence-electron chi connectivity index (χ4n) is 4.14. The summed E-state index contributed by atoms with van der Waals surface area (Å²) in [5.74, 6) is 1.00. The van der Waals surface area contributed by atoms with Crippen molar-refractivity contribution in [2.45, 2.75) is 38.8 Å². The fraction of sp³-hybridized carbons (Fsp3) is 0.409. The van der Waals surface area contributed by atoms with E-state index in [1.54, 1.807) is 0 Å². The minimum Gasteiger partial charge on any atom is -0.334 e. The Labute approximate surface area is 150 Å². The van der Waals surface area contributed by atoms with Crippen LogP contribution in [0.3, 0.4) is 0 Å². The summed E-state index contributed by atoms with van der Waals surface area (Å²) in [6, 6.07) is 17.0. The van der Waals surface area contributed by atoms with Crippen molar-refractivity contribution in [3.05, 3.63) is 59.7 Å². The van der Waals surface area contributed by atoms with Crippen LogP contribution in [0.15, 0.2) is 48.5 Å². The highest BCUT2D eigenvalue weighted by atomic mass is 16.2. The van der Waals surface area contributed by atoms with Crippen LogP contribution in [0, 0.1) is 5.92 Å². The molecule has 1 amide bonds. The number of piperidine rings is 1. The number of hydrogen-bond acceptors (Lipinski definition) is 2. The van der Waals surface area contributed by atoms with E-state index in [0.717, 1.165) is 32.6 Å². The molecule has 1 fully saturated rings. The van der Waals surface area contributed by atoms with Crippen molar-refractivity contribution in [2.75, 3.05) is 13.1 Å². The van der Waals surface area contributed by atoms with Crippen LogP contribution in [0.2, 0.25) is 0 Å². The second kappa shape index (κ2) is 7.40. The lowest BCUT2D eigenvalue weighted by atomic mass is 9.93. The van der Waals surface area contributed by atoms with Gasteiger partial charge in [-0.15, -0.1) is 0 Å². The van der Waals surface area contributed by atoms with Crippen molar-refractivity contribution < 1.29 is 4.79 Å². The molecule has 3 heteroatoms. The molecule has 2 aromatic carbocycles. The Hall–Kier alpha value is -2.13. The van der Waals surface area contributed by atoms with Crippen LogP contribution in [0.5, 0.6) is 0 Å². The molecule has 4 rings (SSSR count). The maximum atomic E-state index is 12.9. The molecule has 0 unspecified atom stereocenters. The molecule has 2 aromatic rings. The van der Waals surface area contributed by atoms with E-state index in [1.807, 2.05) is 4.90 Å². The first-order valence-electron chi connectivity index (χ1n) is 9.46. The number of carbonyl (C=O) groups is 1. The molecule has 0 atom stereocenters. The van der Waals surface area contributed by atoms with Crippen LogP contribution in [0.1, 0.15) is 36.8 Å². The monoisotopic (exact) mass is 334 g/mol. The van der Waals surface area contributed by atoms with Gasteiger partial charge in [0.25, 0.3) is 0 Å². The second-order valence-corrected chi connectivity index (χ2v) is 7.30. The van der Waals surface area contributed by atoms with E-state index in [2.05, 4.69) is 53.8 Å². The minimum absolute atomic E-state index is 0.296. The number of hydrogen-bond donors (Lipinski definition) is 1. The molecular formula is C22H26N2O. The third kappa shape index (κ3) is 3.62. The number of benzene rings is 2. The summed E-state index contributed by atoms with van der Waals surface area (Å²) in [5.41, 5.74) is 5.05.